The van der Waals surface area contributed by atoms with Crippen molar-refractivity contribution in [3.63, 3.8) is 0 Å². The van der Waals surface area contributed by atoms with Gasteiger partial charge in [-0.1, -0.05) is 30.5 Å². The van der Waals surface area contributed by atoms with Gasteiger partial charge in [0.2, 0.25) is 5.91 Å². The predicted molar refractivity (Wildman–Crippen MR) is 105 cm³/mol. The van der Waals surface area contributed by atoms with Crippen LogP contribution in [0.4, 0.5) is 4.79 Å². The van der Waals surface area contributed by atoms with Crippen LogP contribution in [0, 0.1) is 12.8 Å². The maximum atomic E-state index is 12.8. The summed E-state index contributed by atoms with van der Waals surface area (Å²) in [5.74, 6) is 0.784. The molecule has 0 spiro atoms. The van der Waals surface area contributed by atoms with E-state index in [1.165, 1.54) is 6.42 Å². The molecule has 3 amide bonds. The van der Waals surface area contributed by atoms with Gasteiger partial charge in [-0.3, -0.25) is 4.79 Å². The van der Waals surface area contributed by atoms with E-state index in [0.29, 0.717) is 11.5 Å². The molecule has 0 saturated heterocycles. The molecule has 2 fully saturated rings. The highest BCUT2D eigenvalue weighted by Crippen LogP contribution is 2.24. The van der Waals surface area contributed by atoms with Crippen LogP contribution < -0.4 is 16.0 Å². The number of aryl methyl sites for hydroxylation is 1. The fourth-order valence-electron chi connectivity index (χ4n) is 3.63. The quantitative estimate of drug-likeness (QED) is 0.443. The van der Waals surface area contributed by atoms with E-state index >= 15 is 0 Å². The van der Waals surface area contributed by atoms with Crippen LogP contribution in [0.3, 0.4) is 0 Å². The van der Waals surface area contributed by atoms with Gasteiger partial charge in [-0.2, -0.15) is 0 Å². The highest BCUT2D eigenvalue weighted by Gasteiger charge is 2.38. The third kappa shape index (κ3) is 5.82. The van der Waals surface area contributed by atoms with Crippen molar-refractivity contribution in [1.29, 1.82) is 0 Å². The Morgan fingerprint density at radius 2 is 2.11 bits per heavy atom. The lowest BCUT2D eigenvalue weighted by Crippen LogP contribution is -2.48. The van der Waals surface area contributed by atoms with E-state index in [9.17, 15) is 9.59 Å². The first kappa shape index (κ1) is 20.4. The van der Waals surface area contributed by atoms with Crippen molar-refractivity contribution in [2.75, 3.05) is 13.2 Å². The highest BCUT2D eigenvalue weighted by atomic mass is 16.5. The molecule has 28 heavy (non-hydrogen) atoms. The lowest BCUT2D eigenvalue weighted by Gasteiger charge is -2.25. The maximum absolute atomic E-state index is 12.8. The van der Waals surface area contributed by atoms with Crippen LogP contribution in [-0.4, -0.2) is 47.3 Å². The Hall–Kier alpha value is -2.35. The summed E-state index contributed by atoms with van der Waals surface area (Å²) in [7, 11) is 0. The first-order chi connectivity index (χ1) is 13.6. The zero-order valence-corrected chi connectivity index (χ0v) is 16.6. The van der Waals surface area contributed by atoms with E-state index < -0.39 is 0 Å². The molecule has 1 aromatic rings. The molecule has 3 rings (SSSR count). The molecule has 8 nitrogen and oxygen atoms in total. The van der Waals surface area contributed by atoms with E-state index in [4.69, 9.17) is 4.52 Å². The van der Waals surface area contributed by atoms with E-state index in [0.717, 1.165) is 38.6 Å². The van der Waals surface area contributed by atoms with E-state index in [2.05, 4.69) is 27.7 Å². The summed E-state index contributed by atoms with van der Waals surface area (Å²) in [5.41, 5.74) is 0.664. The molecule has 2 aliphatic rings. The zero-order valence-electron chi connectivity index (χ0n) is 16.6. The van der Waals surface area contributed by atoms with E-state index in [1.807, 2.05) is 6.92 Å². The fourth-order valence-corrected chi connectivity index (χ4v) is 3.63. The Morgan fingerprint density at radius 1 is 1.32 bits per heavy atom. The molecule has 0 unspecified atom stereocenters. The van der Waals surface area contributed by atoms with Crippen LogP contribution in [0.1, 0.15) is 50.0 Å². The van der Waals surface area contributed by atoms with Crippen molar-refractivity contribution >= 4 is 11.9 Å². The van der Waals surface area contributed by atoms with Gasteiger partial charge < -0.3 is 25.4 Å². The van der Waals surface area contributed by atoms with Crippen LogP contribution in [0.15, 0.2) is 23.2 Å². The average molecular weight is 390 g/mol. The van der Waals surface area contributed by atoms with Gasteiger partial charge in [0.25, 0.3) is 0 Å². The number of aromatic nitrogens is 1. The summed E-state index contributed by atoms with van der Waals surface area (Å²) in [6.45, 7) is 6.66. The monoisotopic (exact) mass is 389 g/mol. The van der Waals surface area contributed by atoms with Crippen LogP contribution >= 0.6 is 0 Å². The Bertz CT molecular complexity index is 683. The van der Waals surface area contributed by atoms with Gasteiger partial charge >= 0.3 is 6.03 Å². The SMILES string of the molecule is C=CCN[C@H]1C[C@@H]1NC(=O)N(CNC(=O)C1CCCCC1)Cc1cc(C)on1. The Morgan fingerprint density at radius 3 is 2.79 bits per heavy atom. The van der Waals surface area contributed by atoms with Crippen molar-refractivity contribution in [1.82, 2.24) is 26.0 Å². The lowest BCUT2D eigenvalue weighted by molar-refractivity contribution is -0.126. The van der Waals surface area contributed by atoms with Crippen molar-refractivity contribution < 1.29 is 14.1 Å². The van der Waals surface area contributed by atoms with Gasteiger partial charge in [0.15, 0.2) is 0 Å². The number of rotatable bonds is 9. The molecule has 154 valence electrons. The molecule has 0 radical (unpaired) electrons. The molecular weight excluding hydrogens is 358 g/mol. The number of carbonyl (C=O) groups excluding carboxylic acids is 2. The molecule has 0 aromatic carbocycles. The van der Waals surface area contributed by atoms with Gasteiger partial charge in [-0.25, -0.2) is 4.79 Å². The standard InChI is InChI=1S/C20H31N5O3/c1-3-9-21-17-11-18(17)23-20(27)25(12-16-10-14(2)28-24-16)13-22-19(26)15-7-5-4-6-8-15/h3,10,15,17-18,21H,1,4-9,11-13H2,2H3,(H,22,26)(H,23,27)/t17-,18-/m0/s1. The van der Waals surface area contributed by atoms with E-state index in [1.54, 1.807) is 17.0 Å². The molecule has 1 aromatic heterocycles. The van der Waals surface area contributed by atoms with Crippen LogP contribution in [0.2, 0.25) is 0 Å². The number of hydrogen-bond donors (Lipinski definition) is 3. The predicted octanol–water partition coefficient (Wildman–Crippen LogP) is 2.07. The summed E-state index contributed by atoms with van der Waals surface area (Å²) in [6.07, 6.45) is 7.95. The van der Waals surface area contributed by atoms with Gasteiger partial charge in [-0.15, -0.1) is 6.58 Å². The van der Waals surface area contributed by atoms with Gasteiger partial charge in [-0.05, 0) is 26.2 Å². The molecule has 2 aliphatic carbocycles. The van der Waals surface area contributed by atoms with Crippen LogP contribution in [-0.2, 0) is 11.3 Å². The molecule has 2 saturated carbocycles. The molecule has 2 atom stereocenters. The minimum atomic E-state index is -0.211. The number of nitrogens with one attached hydrogen (secondary N) is 3. The zero-order chi connectivity index (χ0) is 19.9. The summed E-state index contributed by atoms with van der Waals surface area (Å²) >= 11 is 0. The highest BCUT2D eigenvalue weighted by molar-refractivity contribution is 5.80. The minimum Gasteiger partial charge on any atom is -0.361 e. The second-order valence-electron chi connectivity index (χ2n) is 7.76. The van der Waals surface area contributed by atoms with E-state index in [-0.39, 0.29) is 43.2 Å². The Labute approximate surface area is 166 Å². The Balaban J connectivity index is 1.54. The smallest absolute Gasteiger partial charge is 0.319 e. The van der Waals surface area contributed by atoms with Gasteiger partial charge in [0.1, 0.15) is 11.5 Å². The lowest BCUT2D eigenvalue weighted by atomic mass is 9.89. The number of amides is 3. The van der Waals surface area contributed by atoms with Crippen molar-refractivity contribution in [2.45, 2.75) is 64.1 Å². The van der Waals surface area contributed by atoms with Gasteiger partial charge in [0.05, 0.1) is 13.2 Å². The first-order valence-electron chi connectivity index (χ1n) is 10.2. The minimum absolute atomic E-state index is 0.0331. The molecule has 0 bridgehead atoms. The third-order valence-corrected chi connectivity index (χ3v) is 5.36. The van der Waals surface area contributed by atoms with Crippen LogP contribution in [0.25, 0.3) is 0 Å². The fraction of sp³-hybridized carbons (Fsp3) is 0.650. The first-order valence-corrected chi connectivity index (χ1v) is 10.2. The number of hydrogen-bond acceptors (Lipinski definition) is 5. The van der Waals surface area contributed by atoms with Crippen molar-refractivity contribution in [2.24, 2.45) is 5.92 Å². The molecule has 1 heterocycles. The topological polar surface area (TPSA) is 99.5 Å². The van der Waals surface area contributed by atoms with Crippen molar-refractivity contribution in [3.05, 3.63) is 30.2 Å². The Kier molecular flexibility index (Phi) is 7.08. The normalized spacial score (nSPS) is 21.8. The summed E-state index contributed by atoms with van der Waals surface area (Å²) in [5, 5.41) is 13.2. The molecular formula is C20H31N5O3. The second-order valence-corrected chi connectivity index (χ2v) is 7.76. The van der Waals surface area contributed by atoms with Crippen LogP contribution in [0.5, 0.6) is 0 Å². The summed E-state index contributed by atoms with van der Waals surface area (Å²) < 4.78 is 5.11. The van der Waals surface area contributed by atoms with Gasteiger partial charge in [0, 0.05) is 30.6 Å². The summed E-state index contributed by atoms with van der Waals surface area (Å²) in [4.78, 5) is 26.8. The largest absolute Gasteiger partial charge is 0.361 e. The van der Waals surface area contributed by atoms with Crippen molar-refractivity contribution in [3.8, 4) is 0 Å². The molecule has 0 aliphatic heterocycles. The maximum Gasteiger partial charge on any atom is 0.319 e. The second kappa shape index (κ2) is 9.73. The molecule has 8 heteroatoms. The summed E-state index contributed by atoms with van der Waals surface area (Å²) in [6, 6.07) is 1.96. The molecule has 3 N–H and O–H groups in total. The number of nitrogens with zero attached hydrogens (tertiary/aromatic N) is 2. The average Bonchev–Trinajstić information content (AvgIpc) is 3.31. The third-order valence-electron chi connectivity index (χ3n) is 5.36. The number of carbonyl (C=O) groups is 2. The number of urea groups is 1.